The number of benzene rings is 2. The van der Waals surface area contributed by atoms with E-state index in [0.717, 1.165) is 38.1 Å². The number of nitrogens with one attached hydrogen (secondary N) is 1. The normalized spacial score (nSPS) is 16.7. The van der Waals surface area contributed by atoms with Gasteiger partial charge in [0.25, 0.3) is 0 Å². The van der Waals surface area contributed by atoms with Crippen molar-refractivity contribution in [2.24, 2.45) is 0 Å². The summed E-state index contributed by atoms with van der Waals surface area (Å²) < 4.78 is 81.0. The first-order valence-corrected chi connectivity index (χ1v) is 11.0. The number of piperidine rings is 1. The van der Waals surface area contributed by atoms with Gasteiger partial charge in [-0.3, -0.25) is 0 Å². The Hall–Kier alpha value is -1.14. The van der Waals surface area contributed by atoms with E-state index in [-0.39, 0.29) is 6.04 Å². The maximum Gasteiger partial charge on any atom is 0.418 e. The van der Waals surface area contributed by atoms with Crippen molar-refractivity contribution in [3.8, 4) is 0 Å². The van der Waals surface area contributed by atoms with Crippen LogP contribution in [0.25, 0.3) is 0 Å². The summed E-state index contributed by atoms with van der Waals surface area (Å²) in [7, 11) is 2.02. The van der Waals surface area contributed by atoms with Crippen LogP contribution in [0, 0.1) is 3.57 Å². The van der Waals surface area contributed by atoms with Crippen LogP contribution >= 0.6 is 34.4 Å². The minimum Gasteiger partial charge on any atom is -0.381 e. The minimum absolute atomic E-state index is 0.160. The standard InChI is InChI=1S/C20H19F6IN2S/c1-29-10-8-12(9-11-29)28-14-4-2-3-5-15(14)30-16-7-6-13(27)17(19(21,22)23)18(16)20(24,25)26/h2-7,12,28H,8-11H2,1H3. The summed E-state index contributed by atoms with van der Waals surface area (Å²) in [4.78, 5) is 2.18. The summed E-state index contributed by atoms with van der Waals surface area (Å²) in [5.41, 5.74) is -2.65. The van der Waals surface area contributed by atoms with Crippen LogP contribution in [0.4, 0.5) is 32.0 Å². The van der Waals surface area contributed by atoms with Crippen molar-refractivity contribution in [3.63, 3.8) is 0 Å². The van der Waals surface area contributed by atoms with Gasteiger partial charge in [-0.15, -0.1) is 0 Å². The van der Waals surface area contributed by atoms with Crippen molar-refractivity contribution < 1.29 is 26.3 Å². The Kier molecular flexibility index (Phi) is 7.18. The number of anilines is 1. The molecule has 2 nitrogen and oxygen atoms in total. The number of alkyl halides is 6. The Morgan fingerprint density at radius 2 is 1.50 bits per heavy atom. The number of rotatable bonds is 4. The molecule has 0 aromatic heterocycles. The number of nitrogens with zero attached hydrogens (tertiary/aromatic N) is 1. The van der Waals surface area contributed by atoms with Gasteiger partial charge < -0.3 is 10.2 Å². The third kappa shape index (κ3) is 5.56. The van der Waals surface area contributed by atoms with Gasteiger partial charge >= 0.3 is 12.4 Å². The van der Waals surface area contributed by atoms with Crippen LogP contribution in [0.5, 0.6) is 0 Å². The third-order valence-electron chi connectivity index (χ3n) is 4.87. The molecule has 164 valence electrons. The Labute approximate surface area is 188 Å². The monoisotopic (exact) mass is 560 g/mol. The van der Waals surface area contributed by atoms with Gasteiger partial charge in [0.05, 0.1) is 11.1 Å². The summed E-state index contributed by atoms with van der Waals surface area (Å²) in [6.45, 7) is 1.80. The molecule has 0 radical (unpaired) electrons. The smallest absolute Gasteiger partial charge is 0.381 e. The molecule has 0 unspecified atom stereocenters. The molecule has 3 rings (SSSR count). The average Bonchev–Trinajstić information content (AvgIpc) is 2.64. The molecule has 0 atom stereocenters. The second-order valence-corrected chi connectivity index (χ2v) is 9.36. The first kappa shape index (κ1) is 23.5. The molecule has 1 fully saturated rings. The second-order valence-electron chi connectivity index (χ2n) is 7.11. The van der Waals surface area contributed by atoms with E-state index in [1.807, 2.05) is 7.05 Å². The highest BCUT2D eigenvalue weighted by Crippen LogP contribution is 2.48. The van der Waals surface area contributed by atoms with Crippen molar-refractivity contribution in [1.29, 1.82) is 0 Å². The maximum absolute atomic E-state index is 13.7. The predicted octanol–water partition coefficient (Wildman–Crippen LogP) is 6.99. The van der Waals surface area contributed by atoms with Crippen LogP contribution in [-0.2, 0) is 12.4 Å². The number of para-hydroxylation sites is 1. The molecular weight excluding hydrogens is 541 g/mol. The molecule has 1 heterocycles. The molecule has 0 saturated carbocycles. The van der Waals surface area contributed by atoms with Gasteiger partial charge in [-0.1, -0.05) is 23.9 Å². The highest BCUT2D eigenvalue weighted by Gasteiger charge is 2.46. The first-order chi connectivity index (χ1) is 14.0. The van der Waals surface area contributed by atoms with Crippen molar-refractivity contribution >= 4 is 40.0 Å². The van der Waals surface area contributed by atoms with Gasteiger partial charge in [-0.05, 0) is 79.8 Å². The van der Waals surface area contributed by atoms with Gasteiger partial charge in [-0.2, -0.15) is 26.3 Å². The lowest BCUT2D eigenvalue weighted by Gasteiger charge is -2.30. The largest absolute Gasteiger partial charge is 0.418 e. The number of likely N-dealkylation sites (tertiary alicyclic amines) is 1. The molecule has 30 heavy (non-hydrogen) atoms. The van der Waals surface area contributed by atoms with E-state index in [4.69, 9.17) is 0 Å². The van der Waals surface area contributed by atoms with Crippen molar-refractivity contribution in [2.75, 3.05) is 25.5 Å². The number of halogens is 7. The van der Waals surface area contributed by atoms with Gasteiger partial charge in [0.1, 0.15) is 0 Å². The van der Waals surface area contributed by atoms with Gasteiger partial charge in [0.2, 0.25) is 0 Å². The fourth-order valence-electron chi connectivity index (χ4n) is 3.37. The molecule has 10 heteroatoms. The molecule has 1 aliphatic heterocycles. The SMILES string of the molecule is CN1CCC(Nc2ccccc2Sc2ccc(I)c(C(F)(F)F)c2C(F)(F)F)CC1. The van der Waals surface area contributed by atoms with E-state index in [1.165, 1.54) is 22.6 Å². The van der Waals surface area contributed by atoms with Crippen LogP contribution < -0.4 is 5.32 Å². The van der Waals surface area contributed by atoms with Crippen LogP contribution in [0.15, 0.2) is 46.2 Å². The van der Waals surface area contributed by atoms with Crippen LogP contribution in [-0.4, -0.2) is 31.1 Å². The second kappa shape index (κ2) is 9.15. The molecular formula is C20H19F6IN2S. The van der Waals surface area contributed by atoms with E-state index in [0.29, 0.717) is 22.3 Å². The van der Waals surface area contributed by atoms with E-state index >= 15 is 0 Å². The molecule has 2 aromatic carbocycles. The summed E-state index contributed by atoms with van der Waals surface area (Å²) in [6.07, 6.45) is -8.48. The van der Waals surface area contributed by atoms with E-state index in [1.54, 1.807) is 24.3 Å². The first-order valence-electron chi connectivity index (χ1n) is 9.15. The molecule has 0 bridgehead atoms. The predicted molar refractivity (Wildman–Crippen MR) is 114 cm³/mol. The summed E-state index contributed by atoms with van der Waals surface area (Å²) >= 11 is 2.00. The zero-order valence-corrected chi connectivity index (χ0v) is 18.8. The number of hydrogen-bond donors (Lipinski definition) is 1. The Bertz CT molecular complexity index is 892. The zero-order valence-electron chi connectivity index (χ0n) is 15.9. The van der Waals surface area contributed by atoms with Crippen molar-refractivity contribution in [1.82, 2.24) is 4.90 Å². The quantitative estimate of drug-likeness (QED) is 0.321. The highest BCUT2D eigenvalue weighted by molar-refractivity contribution is 14.1. The minimum atomic E-state index is -5.13. The third-order valence-corrected chi connectivity index (χ3v) is 6.90. The van der Waals surface area contributed by atoms with Crippen molar-refractivity contribution in [2.45, 2.75) is 41.0 Å². The lowest BCUT2D eigenvalue weighted by atomic mass is 10.1. The Balaban J connectivity index is 1.98. The van der Waals surface area contributed by atoms with Gasteiger partial charge in [0, 0.05) is 25.1 Å². The highest BCUT2D eigenvalue weighted by atomic mass is 127. The molecule has 0 spiro atoms. The molecule has 1 saturated heterocycles. The van der Waals surface area contributed by atoms with Crippen molar-refractivity contribution in [3.05, 3.63) is 51.1 Å². The average molecular weight is 560 g/mol. The molecule has 1 N–H and O–H groups in total. The molecule has 1 aliphatic rings. The summed E-state index contributed by atoms with van der Waals surface area (Å²) in [5.74, 6) is 0. The molecule has 2 aromatic rings. The summed E-state index contributed by atoms with van der Waals surface area (Å²) in [5, 5.41) is 3.35. The van der Waals surface area contributed by atoms with Crippen LogP contribution in [0.3, 0.4) is 0 Å². The fraction of sp³-hybridized carbons (Fsp3) is 0.400. The van der Waals surface area contributed by atoms with Gasteiger partial charge in [0.15, 0.2) is 0 Å². The van der Waals surface area contributed by atoms with E-state index in [9.17, 15) is 26.3 Å². The number of hydrogen-bond acceptors (Lipinski definition) is 3. The lowest BCUT2D eigenvalue weighted by molar-refractivity contribution is -0.164. The fourth-order valence-corrected chi connectivity index (χ4v) is 5.20. The van der Waals surface area contributed by atoms with E-state index in [2.05, 4.69) is 10.2 Å². The van der Waals surface area contributed by atoms with Crippen LogP contribution in [0.2, 0.25) is 0 Å². The molecule has 0 amide bonds. The maximum atomic E-state index is 13.7. The van der Waals surface area contributed by atoms with Crippen LogP contribution in [0.1, 0.15) is 24.0 Å². The van der Waals surface area contributed by atoms with Gasteiger partial charge in [-0.25, -0.2) is 0 Å². The lowest BCUT2D eigenvalue weighted by Crippen LogP contribution is -2.36. The zero-order chi connectivity index (χ0) is 22.1. The topological polar surface area (TPSA) is 15.3 Å². The molecule has 0 aliphatic carbocycles. The summed E-state index contributed by atoms with van der Waals surface area (Å²) in [6, 6.07) is 9.12. The Morgan fingerprint density at radius 3 is 2.10 bits per heavy atom. The van der Waals surface area contributed by atoms with E-state index < -0.39 is 31.9 Å². The Morgan fingerprint density at radius 1 is 0.900 bits per heavy atom.